The first-order valence-electron chi connectivity index (χ1n) is 8.42. The average Bonchev–Trinajstić information content (AvgIpc) is 3.37. The summed E-state index contributed by atoms with van der Waals surface area (Å²) in [6.07, 6.45) is 1.14. The Balaban J connectivity index is 1.81. The van der Waals surface area contributed by atoms with Crippen LogP contribution in [0.25, 0.3) is 0 Å². The van der Waals surface area contributed by atoms with Crippen molar-refractivity contribution in [2.75, 3.05) is 16.8 Å². The maximum Gasteiger partial charge on any atom is 0.242 e. The molecule has 0 unspecified atom stereocenters. The van der Waals surface area contributed by atoms with E-state index in [1.54, 1.807) is 29.2 Å². The van der Waals surface area contributed by atoms with Crippen LogP contribution in [0.3, 0.4) is 0 Å². The first-order chi connectivity index (χ1) is 12.0. The molecule has 0 spiro atoms. The molecular formula is C20H21ClN2O2. The van der Waals surface area contributed by atoms with Crippen LogP contribution < -0.4 is 10.2 Å². The quantitative estimate of drug-likeness (QED) is 0.806. The summed E-state index contributed by atoms with van der Waals surface area (Å²) in [6, 6.07) is 14.7. The van der Waals surface area contributed by atoms with Crippen LogP contribution in [-0.4, -0.2) is 18.4 Å². The third kappa shape index (κ3) is 3.54. The van der Waals surface area contributed by atoms with Crippen LogP contribution >= 0.6 is 11.6 Å². The van der Waals surface area contributed by atoms with Gasteiger partial charge in [-0.1, -0.05) is 29.8 Å². The van der Waals surface area contributed by atoms with Crippen molar-refractivity contribution in [3.63, 3.8) is 0 Å². The number of nitrogens with one attached hydrogen (secondary N) is 1. The molecular weight excluding hydrogens is 336 g/mol. The fourth-order valence-corrected chi connectivity index (χ4v) is 3.17. The molecule has 130 valence electrons. The van der Waals surface area contributed by atoms with Crippen molar-refractivity contribution in [1.82, 2.24) is 0 Å². The minimum absolute atomic E-state index is 0.139. The molecule has 1 fully saturated rings. The van der Waals surface area contributed by atoms with E-state index < -0.39 is 5.41 Å². The fourth-order valence-electron chi connectivity index (χ4n) is 2.98. The normalized spacial score (nSPS) is 14.7. The molecule has 0 heterocycles. The van der Waals surface area contributed by atoms with Crippen molar-refractivity contribution in [3.05, 3.63) is 59.1 Å². The molecule has 1 aliphatic rings. The Morgan fingerprint density at radius 2 is 1.88 bits per heavy atom. The highest BCUT2D eigenvalue weighted by Gasteiger charge is 2.58. The molecule has 3 rings (SSSR count). The average molecular weight is 357 g/mol. The van der Waals surface area contributed by atoms with Gasteiger partial charge in [0.1, 0.15) is 5.41 Å². The second-order valence-corrected chi connectivity index (χ2v) is 6.87. The zero-order valence-electron chi connectivity index (χ0n) is 14.4. The summed E-state index contributed by atoms with van der Waals surface area (Å²) in [5, 5.41) is 3.38. The van der Waals surface area contributed by atoms with E-state index in [9.17, 15) is 9.59 Å². The van der Waals surface area contributed by atoms with Gasteiger partial charge in [0.05, 0.1) is 0 Å². The number of hydrogen-bond donors (Lipinski definition) is 1. The Bertz CT molecular complexity index is 815. The zero-order chi connectivity index (χ0) is 18.0. The summed E-state index contributed by atoms with van der Waals surface area (Å²) in [4.78, 5) is 27.6. The first-order valence-corrected chi connectivity index (χ1v) is 8.80. The highest BCUT2D eigenvalue weighted by atomic mass is 35.5. The van der Waals surface area contributed by atoms with Crippen molar-refractivity contribution >= 4 is 34.8 Å². The Morgan fingerprint density at radius 1 is 1.16 bits per heavy atom. The van der Waals surface area contributed by atoms with E-state index in [4.69, 9.17) is 11.6 Å². The Kier molecular flexibility index (Phi) is 4.82. The SMILES string of the molecule is CCN(C(=O)C1(C(=O)Nc2cccc(Cl)c2)CC1)c1cccc(C)c1. The van der Waals surface area contributed by atoms with Gasteiger partial charge in [0.2, 0.25) is 11.8 Å². The lowest BCUT2D eigenvalue weighted by Gasteiger charge is -2.26. The second kappa shape index (κ2) is 6.89. The number of benzene rings is 2. The number of carbonyl (C=O) groups excluding carboxylic acids is 2. The van der Waals surface area contributed by atoms with Crippen molar-refractivity contribution in [2.24, 2.45) is 5.41 Å². The third-order valence-corrected chi connectivity index (χ3v) is 4.79. The Morgan fingerprint density at radius 3 is 2.48 bits per heavy atom. The molecule has 5 heteroatoms. The van der Waals surface area contributed by atoms with Crippen LogP contribution in [0, 0.1) is 12.3 Å². The largest absolute Gasteiger partial charge is 0.325 e. The van der Waals surface area contributed by atoms with Gasteiger partial charge in [0, 0.05) is 22.9 Å². The van der Waals surface area contributed by atoms with Gasteiger partial charge in [-0.3, -0.25) is 9.59 Å². The van der Waals surface area contributed by atoms with Crippen LogP contribution in [0.5, 0.6) is 0 Å². The van der Waals surface area contributed by atoms with Crippen LogP contribution in [0.4, 0.5) is 11.4 Å². The summed E-state index contributed by atoms with van der Waals surface area (Å²) in [6.45, 7) is 4.43. The van der Waals surface area contributed by atoms with Crippen molar-refractivity contribution in [2.45, 2.75) is 26.7 Å². The lowest BCUT2D eigenvalue weighted by atomic mass is 10.0. The number of nitrogens with zero attached hydrogens (tertiary/aromatic N) is 1. The number of hydrogen-bond acceptors (Lipinski definition) is 2. The van der Waals surface area contributed by atoms with E-state index in [0.29, 0.717) is 30.1 Å². The summed E-state index contributed by atoms with van der Waals surface area (Å²) in [7, 11) is 0. The number of carbonyl (C=O) groups is 2. The fraction of sp³-hybridized carbons (Fsp3) is 0.300. The predicted octanol–water partition coefficient (Wildman–Crippen LogP) is 4.42. The number of anilines is 2. The van der Waals surface area contributed by atoms with Gasteiger partial charge in [-0.15, -0.1) is 0 Å². The highest BCUT2D eigenvalue weighted by molar-refractivity contribution is 6.31. The van der Waals surface area contributed by atoms with Crippen molar-refractivity contribution < 1.29 is 9.59 Å². The number of halogens is 1. The Labute approximate surface area is 152 Å². The second-order valence-electron chi connectivity index (χ2n) is 6.43. The molecule has 0 radical (unpaired) electrons. The maximum absolute atomic E-state index is 13.1. The molecule has 2 amide bonds. The molecule has 0 atom stereocenters. The maximum atomic E-state index is 13.1. The smallest absolute Gasteiger partial charge is 0.242 e. The summed E-state index contributed by atoms with van der Waals surface area (Å²) >= 11 is 5.96. The van der Waals surface area contributed by atoms with Crippen LogP contribution in [0.15, 0.2) is 48.5 Å². The molecule has 25 heavy (non-hydrogen) atoms. The van der Waals surface area contributed by atoms with Crippen molar-refractivity contribution in [1.29, 1.82) is 0 Å². The minimum atomic E-state index is -0.970. The monoisotopic (exact) mass is 356 g/mol. The molecule has 0 saturated heterocycles. The first kappa shape index (κ1) is 17.5. The van der Waals surface area contributed by atoms with Crippen LogP contribution in [0.1, 0.15) is 25.3 Å². The lowest BCUT2D eigenvalue weighted by Crippen LogP contribution is -2.43. The van der Waals surface area contributed by atoms with Gasteiger partial charge in [-0.25, -0.2) is 0 Å². The van der Waals surface area contributed by atoms with E-state index >= 15 is 0 Å². The van der Waals surface area contributed by atoms with Gasteiger partial charge in [0.15, 0.2) is 0 Å². The topological polar surface area (TPSA) is 49.4 Å². The molecule has 1 N–H and O–H groups in total. The molecule has 0 aromatic heterocycles. The van der Waals surface area contributed by atoms with E-state index in [1.165, 1.54) is 0 Å². The lowest BCUT2D eigenvalue weighted by molar-refractivity contribution is -0.132. The molecule has 1 aliphatic carbocycles. The molecule has 0 bridgehead atoms. The predicted molar refractivity (Wildman–Crippen MR) is 101 cm³/mol. The van der Waals surface area contributed by atoms with Gasteiger partial charge in [0.25, 0.3) is 0 Å². The zero-order valence-corrected chi connectivity index (χ0v) is 15.1. The van der Waals surface area contributed by atoms with Gasteiger partial charge < -0.3 is 10.2 Å². The molecule has 4 nitrogen and oxygen atoms in total. The summed E-state index contributed by atoms with van der Waals surface area (Å²) in [5.74, 6) is -0.397. The van der Waals surface area contributed by atoms with Crippen LogP contribution in [-0.2, 0) is 9.59 Å². The summed E-state index contributed by atoms with van der Waals surface area (Å²) < 4.78 is 0. The van der Waals surface area contributed by atoms with Crippen LogP contribution in [0.2, 0.25) is 5.02 Å². The van der Waals surface area contributed by atoms with Gasteiger partial charge in [-0.2, -0.15) is 0 Å². The number of amides is 2. The molecule has 0 aliphatic heterocycles. The number of rotatable bonds is 5. The Hall–Kier alpha value is -2.33. The highest BCUT2D eigenvalue weighted by Crippen LogP contribution is 2.48. The van der Waals surface area contributed by atoms with E-state index in [-0.39, 0.29) is 11.8 Å². The van der Waals surface area contributed by atoms with E-state index in [0.717, 1.165) is 11.3 Å². The third-order valence-electron chi connectivity index (χ3n) is 4.55. The van der Waals surface area contributed by atoms with Gasteiger partial charge in [-0.05, 0) is 62.6 Å². The number of aryl methyl sites for hydroxylation is 1. The molecule has 1 saturated carbocycles. The van der Waals surface area contributed by atoms with Gasteiger partial charge >= 0.3 is 0 Å². The summed E-state index contributed by atoms with van der Waals surface area (Å²) in [5.41, 5.74) is 1.55. The van der Waals surface area contributed by atoms with Crippen molar-refractivity contribution in [3.8, 4) is 0 Å². The molecule has 2 aromatic rings. The molecule has 2 aromatic carbocycles. The van der Waals surface area contributed by atoms with E-state index in [2.05, 4.69) is 5.32 Å². The minimum Gasteiger partial charge on any atom is -0.325 e. The van der Waals surface area contributed by atoms with E-state index in [1.807, 2.05) is 38.1 Å². The standard InChI is InChI=1S/C20H21ClN2O2/c1-3-23(17-9-4-6-14(2)12-17)19(25)20(10-11-20)18(24)22-16-8-5-7-15(21)13-16/h4-9,12-13H,3,10-11H2,1-2H3,(H,22,24).